The number of aromatic nitrogens is 8. The molecule has 124 valence electrons. The van der Waals surface area contributed by atoms with Crippen molar-refractivity contribution in [1.82, 2.24) is 40.4 Å². The molecule has 4 rings (SSSR count). The minimum absolute atomic E-state index is 0.355. The minimum Gasteiger partial charge on any atom is -0.486 e. The van der Waals surface area contributed by atoms with Crippen LogP contribution < -0.4 is 4.74 Å². The number of nitrogens with zero attached hydrogens (tertiary/aromatic N) is 8. The van der Waals surface area contributed by atoms with Gasteiger partial charge in [-0.25, -0.2) is 9.36 Å². The second-order valence-corrected chi connectivity index (χ2v) is 5.87. The molecule has 0 amide bonds. The number of hydrogen-bond donors (Lipinski definition) is 0. The van der Waals surface area contributed by atoms with Crippen molar-refractivity contribution < 1.29 is 4.74 Å². The van der Waals surface area contributed by atoms with E-state index in [1.165, 1.54) is 19.3 Å². The van der Waals surface area contributed by atoms with Gasteiger partial charge in [0.15, 0.2) is 5.82 Å². The zero-order valence-corrected chi connectivity index (χ0v) is 13.2. The van der Waals surface area contributed by atoms with E-state index in [1.54, 1.807) is 11.0 Å². The Morgan fingerprint density at radius 2 is 1.83 bits per heavy atom. The summed E-state index contributed by atoms with van der Waals surface area (Å²) in [7, 11) is 0. The van der Waals surface area contributed by atoms with Crippen molar-refractivity contribution in [2.45, 2.75) is 44.8 Å². The normalized spacial score (nSPS) is 15.5. The predicted octanol–water partition coefficient (Wildman–Crippen LogP) is 1.73. The van der Waals surface area contributed by atoms with Gasteiger partial charge in [-0.05, 0) is 58.0 Å². The third kappa shape index (κ3) is 3.10. The SMILES string of the molecule is c1cc(-n2cnnn2)ccc1OCc1nnnn1C1CCCCC1. The van der Waals surface area contributed by atoms with Crippen molar-refractivity contribution in [2.24, 2.45) is 0 Å². The highest BCUT2D eigenvalue weighted by molar-refractivity contribution is 5.36. The van der Waals surface area contributed by atoms with Gasteiger partial charge >= 0.3 is 0 Å². The highest BCUT2D eigenvalue weighted by Gasteiger charge is 2.20. The molecular weight excluding hydrogens is 308 g/mol. The maximum Gasteiger partial charge on any atom is 0.189 e. The lowest BCUT2D eigenvalue weighted by molar-refractivity contribution is 0.261. The Labute approximate surface area is 138 Å². The van der Waals surface area contributed by atoms with Gasteiger partial charge < -0.3 is 4.74 Å². The lowest BCUT2D eigenvalue weighted by atomic mass is 9.96. The number of rotatable bonds is 5. The molecule has 0 spiro atoms. The molecule has 0 N–H and O–H groups in total. The molecule has 9 heteroatoms. The molecule has 0 saturated heterocycles. The minimum atomic E-state index is 0.355. The number of benzene rings is 1. The third-order valence-electron chi connectivity index (χ3n) is 4.30. The van der Waals surface area contributed by atoms with Crippen molar-refractivity contribution >= 4 is 0 Å². The van der Waals surface area contributed by atoms with Gasteiger partial charge in [-0.3, -0.25) is 0 Å². The number of tetrazole rings is 2. The van der Waals surface area contributed by atoms with Crippen LogP contribution in [0.3, 0.4) is 0 Å². The summed E-state index contributed by atoms with van der Waals surface area (Å²) in [5.74, 6) is 1.52. The average Bonchev–Trinajstić information content (AvgIpc) is 3.33. The van der Waals surface area contributed by atoms with E-state index in [9.17, 15) is 0 Å². The molecule has 24 heavy (non-hydrogen) atoms. The molecule has 1 fully saturated rings. The Bertz CT molecular complexity index is 761. The maximum absolute atomic E-state index is 5.83. The van der Waals surface area contributed by atoms with Gasteiger partial charge in [-0.2, -0.15) is 0 Å². The first-order chi connectivity index (χ1) is 11.9. The van der Waals surface area contributed by atoms with Crippen LogP contribution in [0.25, 0.3) is 5.69 Å². The summed E-state index contributed by atoms with van der Waals surface area (Å²) in [6.07, 6.45) is 7.61. The van der Waals surface area contributed by atoms with E-state index in [2.05, 4.69) is 31.1 Å². The zero-order valence-electron chi connectivity index (χ0n) is 13.2. The smallest absolute Gasteiger partial charge is 0.189 e. The summed E-state index contributed by atoms with van der Waals surface area (Å²) in [4.78, 5) is 0. The fourth-order valence-corrected chi connectivity index (χ4v) is 3.04. The molecule has 3 aromatic rings. The van der Waals surface area contributed by atoms with Gasteiger partial charge in [0.05, 0.1) is 11.7 Å². The third-order valence-corrected chi connectivity index (χ3v) is 4.30. The van der Waals surface area contributed by atoms with Crippen LogP contribution in [0.2, 0.25) is 0 Å². The fourth-order valence-electron chi connectivity index (χ4n) is 3.04. The van der Waals surface area contributed by atoms with Gasteiger partial charge in [0.25, 0.3) is 0 Å². The average molecular weight is 326 g/mol. The van der Waals surface area contributed by atoms with Crippen molar-refractivity contribution in [3.63, 3.8) is 0 Å². The fraction of sp³-hybridized carbons (Fsp3) is 0.467. The van der Waals surface area contributed by atoms with Crippen LogP contribution in [0.1, 0.15) is 44.0 Å². The van der Waals surface area contributed by atoms with E-state index in [4.69, 9.17) is 4.74 Å². The van der Waals surface area contributed by atoms with Crippen LogP contribution in [0.4, 0.5) is 0 Å². The lowest BCUT2D eigenvalue weighted by Gasteiger charge is -2.22. The first-order valence-corrected chi connectivity index (χ1v) is 8.13. The predicted molar refractivity (Wildman–Crippen MR) is 83.4 cm³/mol. The van der Waals surface area contributed by atoms with Crippen molar-refractivity contribution in [3.05, 3.63) is 36.4 Å². The Morgan fingerprint density at radius 3 is 2.58 bits per heavy atom. The summed E-state index contributed by atoms with van der Waals surface area (Å²) in [5.41, 5.74) is 0.874. The highest BCUT2D eigenvalue weighted by Crippen LogP contribution is 2.28. The molecule has 2 aromatic heterocycles. The van der Waals surface area contributed by atoms with E-state index in [0.717, 1.165) is 30.1 Å². The van der Waals surface area contributed by atoms with E-state index >= 15 is 0 Å². The summed E-state index contributed by atoms with van der Waals surface area (Å²) >= 11 is 0. The standard InChI is InChI=1S/C15H18N8O/c1-2-4-13(5-3-1)23-15(17-19-21-23)10-24-14-8-6-12(7-9-14)22-11-16-18-20-22/h6-9,11,13H,1-5,10H2. The molecule has 1 aliphatic rings. The Kier molecular flexibility index (Phi) is 4.13. The molecule has 1 aliphatic carbocycles. The highest BCUT2D eigenvalue weighted by atomic mass is 16.5. The first-order valence-electron chi connectivity index (χ1n) is 8.13. The molecular formula is C15H18N8O. The van der Waals surface area contributed by atoms with E-state index in [0.29, 0.717) is 12.6 Å². The Morgan fingerprint density at radius 1 is 1.00 bits per heavy atom. The van der Waals surface area contributed by atoms with Crippen LogP contribution in [0.15, 0.2) is 30.6 Å². The first kappa shape index (κ1) is 14.7. The van der Waals surface area contributed by atoms with E-state index in [1.807, 2.05) is 28.9 Å². The molecule has 2 heterocycles. The zero-order chi connectivity index (χ0) is 16.2. The monoisotopic (exact) mass is 326 g/mol. The second kappa shape index (κ2) is 6.73. The quantitative estimate of drug-likeness (QED) is 0.704. The lowest BCUT2D eigenvalue weighted by Crippen LogP contribution is -2.18. The van der Waals surface area contributed by atoms with Crippen molar-refractivity contribution in [3.8, 4) is 11.4 Å². The summed E-state index contributed by atoms with van der Waals surface area (Å²) in [6, 6.07) is 7.96. The summed E-state index contributed by atoms with van der Waals surface area (Å²) < 4.78 is 9.35. The molecule has 0 bridgehead atoms. The van der Waals surface area contributed by atoms with E-state index < -0.39 is 0 Å². The molecule has 1 aromatic carbocycles. The van der Waals surface area contributed by atoms with Crippen LogP contribution in [0, 0.1) is 0 Å². The van der Waals surface area contributed by atoms with Gasteiger partial charge in [0, 0.05) is 0 Å². The molecule has 0 atom stereocenters. The van der Waals surface area contributed by atoms with E-state index in [-0.39, 0.29) is 0 Å². The van der Waals surface area contributed by atoms with Gasteiger partial charge in [0.2, 0.25) is 0 Å². The van der Waals surface area contributed by atoms with Crippen LogP contribution in [-0.2, 0) is 6.61 Å². The number of hydrogen-bond acceptors (Lipinski definition) is 7. The van der Waals surface area contributed by atoms with Crippen molar-refractivity contribution in [2.75, 3.05) is 0 Å². The molecule has 0 radical (unpaired) electrons. The van der Waals surface area contributed by atoms with Crippen LogP contribution >= 0.6 is 0 Å². The summed E-state index contributed by atoms with van der Waals surface area (Å²) in [5, 5.41) is 23.2. The largest absolute Gasteiger partial charge is 0.486 e. The molecule has 0 aliphatic heterocycles. The van der Waals surface area contributed by atoms with Crippen molar-refractivity contribution in [1.29, 1.82) is 0 Å². The topological polar surface area (TPSA) is 96.4 Å². The Balaban J connectivity index is 1.41. The second-order valence-electron chi connectivity index (χ2n) is 5.87. The maximum atomic E-state index is 5.83. The molecule has 0 unspecified atom stereocenters. The van der Waals surface area contributed by atoms with Crippen LogP contribution in [0.5, 0.6) is 5.75 Å². The van der Waals surface area contributed by atoms with Crippen LogP contribution in [-0.4, -0.2) is 40.4 Å². The molecule has 1 saturated carbocycles. The molecule has 9 nitrogen and oxygen atoms in total. The Hall–Kier alpha value is -2.84. The van der Waals surface area contributed by atoms with Gasteiger partial charge in [0.1, 0.15) is 18.7 Å². The number of ether oxygens (including phenoxy) is 1. The summed E-state index contributed by atoms with van der Waals surface area (Å²) in [6.45, 7) is 0.355. The van der Waals surface area contributed by atoms with Gasteiger partial charge in [-0.15, -0.1) is 10.2 Å². The van der Waals surface area contributed by atoms with Gasteiger partial charge in [-0.1, -0.05) is 19.3 Å².